The van der Waals surface area contributed by atoms with Crippen molar-refractivity contribution in [3.05, 3.63) is 53.9 Å². The number of hydrogen-bond donors (Lipinski definition) is 1. The molecule has 114 valence electrons. The number of amides is 1. The highest BCUT2D eigenvalue weighted by Gasteiger charge is 2.21. The van der Waals surface area contributed by atoms with Gasteiger partial charge in [0.2, 0.25) is 0 Å². The van der Waals surface area contributed by atoms with Gasteiger partial charge in [0.05, 0.1) is 13.7 Å². The van der Waals surface area contributed by atoms with E-state index in [1.807, 2.05) is 18.2 Å². The van der Waals surface area contributed by atoms with E-state index in [1.165, 1.54) is 0 Å². The predicted molar refractivity (Wildman–Crippen MR) is 82.3 cm³/mol. The monoisotopic (exact) mass is 298 g/mol. The van der Waals surface area contributed by atoms with E-state index >= 15 is 0 Å². The molecule has 1 N–H and O–H groups in total. The van der Waals surface area contributed by atoms with Crippen molar-refractivity contribution >= 4 is 5.91 Å². The number of methoxy groups -OCH3 is 1. The number of ether oxygens (including phenoxy) is 2. The second kappa shape index (κ2) is 6.47. The smallest absolute Gasteiger partial charge is 0.269 e. The van der Waals surface area contributed by atoms with Crippen molar-refractivity contribution in [1.82, 2.24) is 10.3 Å². The molecule has 1 atom stereocenters. The number of rotatable bonds is 4. The minimum atomic E-state index is -0.152. The molecule has 5 heteroatoms. The van der Waals surface area contributed by atoms with Crippen molar-refractivity contribution in [3.63, 3.8) is 0 Å². The number of carbonyl (C=O) groups excluding carboxylic acids is 1. The maximum Gasteiger partial charge on any atom is 0.269 e. The molecule has 2 heterocycles. The first-order chi connectivity index (χ1) is 10.8. The molecular weight excluding hydrogens is 280 g/mol. The number of hydrogen-bond acceptors (Lipinski definition) is 4. The number of pyridine rings is 1. The minimum Gasteiger partial charge on any atom is -0.497 e. The Kier molecular flexibility index (Phi) is 4.23. The number of carbonyl (C=O) groups is 1. The van der Waals surface area contributed by atoms with Crippen LogP contribution in [0.4, 0.5) is 0 Å². The van der Waals surface area contributed by atoms with Crippen LogP contribution in [0.2, 0.25) is 0 Å². The molecule has 0 fully saturated rings. The Balaban J connectivity index is 1.58. The van der Waals surface area contributed by atoms with Crippen LogP contribution in [0, 0.1) is 5.92 Å². The van der Waals surface area contributed by atoms with Crippen LogP contribution in [0.1, 0.15) is 16.1 Å². The minimum absolute atomic E-state index is 0.152. The number of nitrogens with zero attached hydrogens (tertiary/aromatic N) is 1. The zero-order valence-corrected chi connectivity index (χ0v) is 12.4. The van der Waals surface area contributed by atoms with Crippen molar-refractivity contribution in [2.24, 2.45) is 5.92 Å². The molecule has 0 spiro atoms. The Morgan fingerprint density at radius 3 is 3.09 bits per heavy atom. The van der Waals surface area contributed by atoms with E-state index in [-0.39, 0.29) is 11.8 Å². The van der Waals surface area contributed by atoms with Gasteiger partial charge in [-0.05, 0) is 30.2 Å². The lowest BCUT2D eigenvalue weighted by atomic mass is 9.96. The van der Waals surface area contributed by atoms with Crippen LogP contribution in [0.25, 0.3) is 0 Å². The molecule has 5 nitrogen and oxygen atoms in total. The van der Waals surface area contributed by atoms with Gasteiger partial charge < -0.3 is 14.8 Å². The Hall–Kier alpha value is -2.56. The second-order valence-corrected chi connectivity index (χ2v) is 5.28. The van der Waals surface area contributed by atoms with Crippen LogP contribution in [-0.2, 0) is 6.42 Å². The number of benzene rings is 1. The number of aromatic nitrogens is 1. The van der Waals surface area contributed by atoms with Gasteiger partial charge in [-0.25, -0.2) is 0 Å². The van der Waals surface area contributed by atoms with Crippen molar-refractivity contribution < 1.29 is 14.3 Å². The molecule has 1 aliphatic heterocycles. The Morgan fingerprint density at radius 1 is 1.41 bits per heavy atom. The fraction of sp³-hybridized carbons (Fsp3) is 0.294. The molecule has 1 amide bonds. The maximum absolute atomic E-state index is 12.0. The van der Waals surface area contributed by atoms with Crippen LogP contribution >= 0.6 is 0 Å². The molecule has 0 saturated carbocycles. The molecule has 1 aliphatic rings. The van der Waals surface area contributed by atoms with Crippen LogP contribution in [0.15, 0.2) is 42.6 Å². The third-order valence-corrected chi connectivity index (χ3v) is 3.71. The van der Waals surface area contributed by atoms with E-state index in [4.69, 9.17) is 9.47 Å². The Morgan fingerprint density at radius 2 is 2.32 bits per heavy atom. The highest BCUT2D eigenvalue weighted by molar-refractivity contribution is 5.92. The molecule has 0 bridgehead atoms. The number of nitrogens with one attached hydrogen (secondary N) is 1. The summed E-state index contributed by atoms with van der Waals surface area (Å²) in [5.74, 6) is 1.77. The number of fused-ring (bicyclic) bond motifs is 1. The standard InChI is InChI=1S/C17H18N2O3/c1-21-14-6-5-13-8-12(11-22-16(13)9-14)10-19-17(20)15-4-2-3-7-18-15/h2-7,9,12H,8,10-11H2,1H3,(H,19,20)/t12-/m1/s1. The van der Waals surface area contributed by atoms with E-state index in [2.05, 4.69) is 10.3 Å². The zero-order chi connectivity index (χ0) is 15.4. The maximum atomic E-state index is 12.0. The highest BCUT2D eigenvalue weighted by Crippen LogP contribution is 2.30. The van der Waals surface area contributed by atoms with E-state index in [0.29, 0.717) is 18.8 Å². The van der Waals surface area contributed by atoms with Crippen LogP contribution < -0.4 is 14.8 Å². The van der Waals surface area contributed by atoms with E-state index in [9.17, 15) is 4.79 Å². The Bertz CT molecular complexity index is 658. The molecule has 1 aromatic carbocycles. The predicted octanol–water partition coefficient (Wildman–Crippen LogP) is 2.07. The summed E-state index contributed by atoms with van der Waals surface area (Å²) in [7, 11) is 1.64. The van der Waals surface area contributed by atoms with Gasteiger partial charge in [-0.3, -0.25) is 9.78 Å². The summed E-state index contributed by atoms with van der Waals surface area (Å²) in [5.41, 5.74) is 1.58. The third kappa shape index (κ3) is 3.19. The summed E-state index contributed by atoms with van der Waals surface area (Å²) in [6.07, 6.45) is 2.49. The van der Waals surface area contributed by atoms with E-state index in [1.54, 1.807) is 31.5 Å². The van der Waals surface area contributed by atoms with Gasteiger partial charge in [-0.1, -0.05) is 12.1 Å². The quantitative estimate of drug-likeness (QED) is 0.938. The Labute approximate surface area is 129 Å². The lowest BCUT2D eigenvalue weighted by molar-refractivity contribution is 0.0934. The molecule has 0 aliphatic carbocycles. The van der Waals surface area contributed by atoms with Crippen molar-refractivity contribution in [3.8, 4) is 11.5 Å². The largest absolute Gasteiger partial charge is 0.497 e. The van der Waals surface area contributed by atoms with Gasteiger partial charge in [-0.2, -0.15) is 0 Å². The van der Waals surface area contributed by atoms with E-state index in [0.717, 1.165) is 23.5 Å². The molecule has 3 rings (SSSR count). The summed E-state index contributed by atoms with van der Waals surface area (Å²) in [5, 5.41) is 2.92. The van der Waals surface area contributed by atoms with Gasteiger partial charge in [0.1, 0.15) is 17.2 Å². The zero-order valence-electron chi connectivity index (χ0n) is 12.4. The molecule has 2 aromatic rings. The summed E-state index contributed by atoms with van der Waals surface area (Å²) in [4.78, 5) is 16.0. The summed E-state index contributed by atoms with van der Waals surface area (Å²) in [6, 6.07) is 11.1. The first-order valence-corrected chi connectivity index (χ1v) is 7.25. The first kappa shape index (κ1) is 14.4. The molecule has 0 radical (unpaired) electrons. The second-order valence-electron chi connectivity index (χ2n) is 5.28. The molecule has 0 unspecified atom stereocenters. The van der Waals surface area contributed by atoms with Gasteiger partial charge in [0.15, 0.2) is 0 Å². The average molecular weight is 298 g/mol. The van der Waals surface area contributed by atoms with E-state index < -0.39 is 0 Å². The summed E-state index contributed by atoms with van der Waals surface area (Å²) in [6.45, 7) is 1.16. The third-order valence-electron chi connectivity index (χ3n) is 3.71. The summed E-state index contributed by atoms with van der Waals surface area (Å²) < 4.78 is 11.0. The van der Waals surface area contributed by atoms with Crippen molar-refractivity contribution in [2.75, 3.05) is 20.3 Å². The van der Waals surface area contributed by atoms with Crippen molar-refractivity contribution in [2.45, 2.75) is 6.42 Å². The summed E-state index contributed by atoms with van der Waals surface area (Å²) >= 11 is 0. The van der Waals surface area contributed by atoms with Gasteiger partial charge in [0.25, 0.3) is 5.91 Å². The van der Waals surface area contributed by atoms with Crippen LogP contribution in [0.3, 0.4) is 0 Å². The average Bonchev–Trinajstić information content (AvgIpc) is 2.59. The lowest BCUT2D eigenvalue weighted by Crippen LogP contribution is -2.35. The van der Waals surface area contributed by atoms with Crippen LogP contribution in [0.5, 0.6) is 11.5 Å². The highest BCUT2D eigenvalue weighted by atomic mass is 16.5. The van der Waals surface area contributed by atoms with Gasteiger partial charge in [0, 0.05) is 24.7 Å². The molecular formula is C17H18N2O3. The van der Waals surface area contributed by atoms with Gasteiger partial charge in [-0.15, -0.1) is 0 Å². The fourth-order valence-corrected chi connectivity index (χ4v) is 2.50. The fourth-order valence-electron chi connectivity index (χ4n) is 2.50. The first-order valence-electron chi connectivity index (χ1n) is 7.25. The topological polar surface area (TPSA) is 60.5 Å². The van der Waals surface area contributed by atoms with Crippen molar-refractivity contribution in [1.29, 1.82) is 0 Å². The SMILES string of the molecule is COc1ccc2c(c1)OC[C@@H](CNC(=O)c1ccccn1)C2. The van der Waals surface area contributed by atoms with Crippen LogP contribution in [-0.4, -0.2) is 31.2 Å². The molecule has 0 saturated heterocycles. The lowest BCUT2D eigenvalue weighted by Gasteiger charge is -2.25. The van der Waals surface area contributed by atoms with Gasteiger partial charge >= 0.3 is 0 Å². The molecule has 1 aromatic heterocycles. The molecule has 22 heavy (non-hydrogen) atoms. The normalized spacial score (nSPS) is 16.3.